The van der Waals surface area contributed by atoms with Gasteiger partial charge in [-0.05, 0) is 31.7 Å². The van der Waals surface area contributed by atoms with Gasteiger partial charge in [-0.1, -0.05) is 27.7 Å². The Bertz CT molecular complexity index is 210. The Kier molecular flexibility index (Phi) is 7.96. The lowest BCUT2D eigenvalue weighted by molar-refractivity contribution is 0.152. The van der Waals surface area contributed by atoms with Crippen molar-refractivity contribution in [3.8, 4) is 0 Å². The third-order valence-electron chi connectivity index (χ3n) is 3.97. The molecule has 1 aliphatic rings. The average molecular weight is 269 g/mol. The van der Waals surface area contributed by atoms with Gasteiger partial charge in [0.1, 0.15) is 0 Å². The Morgan fingerprint density at radius 1 is 0.895 bits per heavy atom. The summed E-state index contributed by atoms with van der Waals surface area (Å²) in [6, 6.07) is 0.701. The van der Waals surface area contributed by atoms with Crippen molar-refractivity contribution in [2.24, 2.45) is 11.8 Å². The van der Waals surface area contributed by atoms with Gasteiger partial charge in [-0.2, -0.15) is 0 Å². The van der Waals surface area contributed by atoms with Crippen molar-refractivity contribution in [2.75, 3.05) is 46.3 Å². The Morgan fingerprint density at radius 3 is 1.89 bits per heavy atom. The summed E-state index contributed by atoms with van der Waals surface area (Å²) in [5.41, 5.74) is 0. The van der Waals surface area contributed by atoms with Crippen molar-refractivity contribution in [3.05, 3.63) is 0 Å². The second-order valence-corrected chi connectivity index (χ2v) is 7.06. The monoisotopic (exact) mass is 269 g/mol. The highest BCUT2D eigenvalue weighted by atomic mass is 15.2. The van der Waals surface area contributed by atoms with Gasteiger partial charge in [0, 0.05) is 45.3 Å². The van der Waals surface area contributed by atoms with Crippen LogP contribution in [-0.4, -0.2) is 62.2 Å². The summed E-state index contributed by atoms with van der Waals surface area (Å²) in [6.45, 7) is 16.6. The summed E-state index contributed by atoms with van der Waals surface area (Å²) in [4.78, 5) is 5.01. The second kappa shape index (κ2) is 8.93. The minimum Gasteiger partial charge on any atom is -0.313 e. The van der Waals surface area contributed by atoms with E-state index in [1.807, 2.05) is 0 Å². The minimum atomic E-state index is 0.701. The van der Waals surface area contributed by atoms with E-state index in [-0.39, 0.29) is 0 Å². The summed E-state index contributed by atoms with van der Waals surface area (Å²) in [7, 11) is 2.22. The summed E-state index contributed by atoms with van der Waals surface area (Å²) >= 11 is 0. The molecule has 1 fully saturated rings. The summed E-state index contributed by atoms with van der Waals surface area (Å²) in [6.07, 6.45) is 2.61. The van der Waals surface area contributed by atoms with E-state index in [0.717, 1.165) is 18.4 Å². The molecule has 1 aliphatic heterocycles. The largest absolute Gasteiger partial charge is 0.313 e. The third-order valence-corrected chi connectivity index (χ3v) is 3.97. The molecule has 1 N–H and O–H groups in total. The van der Waals surface area contributed by atoms with Crippen LogP contribution >= 0.6 is 0 Å². The van der Waals surface area contributed by atoms with Gasteiger partial charge in [0.15, 0.2) is 0 Å². The molecule has 0 amide bonds. The summed E-state index contributed by atoms with van der Waals surface area (Å²) in [5, 5.41) is 3.79. The van der Waals surface area contributed by atoms with Crippen LogP contribution in [0.25, 0.3) is 0 Å². The third kappa shape index (κ3) is 7.91. The fourth-order valence-electron chi connectivity index (χ4n) is 2.90. The molecule has 1 rings (SSSR count). The quantitative estimate of drug-likeness (QED) is 0.729. The minimum absolute atomic E-state index is 0.701. The average Bonchev–Trinajstić information content (AvgIpc) is 2.30. The maximum absolute atomic E-state index is 3.79. The maximum Gasteiger partial charge on any atom is 0.0110 e. The molecule has 0 atom stereocenters. The Balaban J connectivity index is 2.19. The fraction of sp³-hybridized carbons (Fsp3) is 1.00. The van der Waals surface area contributed by atoms with E-state index < -0.39 is 0 Å². The molecule has 1 saturated heterocycles. The fourth-order valence-corrected chi connectivity index (χ4v) is 2.90. The van der Waals surface area contributed by atoms with Crippen LogP contribution in [0.4, 0.5) is 0 Å². The normalized spacial score (nSPS) is 18.9. The molecule has 0 aromatic rings. The van der Waals surface area contributed by atoms with E-state index in [9.17, 15) is 0 Å². The highest BCUT2D eigenvalue weighted by molar-refractivity contribution is 4.74. The van der Waals surface area contributed by atoms with Crippen LogP contribution in [0.2, 0.25) is 0 Å². The first-order chi connectivity index (χ1) is 8.97. The standard InChI is InChI=1S/C16H35N3/c1-14(2)12-16(13-15(3)4)17-6-7-19-10-8-18(5)9-11-19/h14-17H,6-13H2,1-5H3. The molecule has 19 heavy (non-hydrogen) atoms. The predicted octanol–water partition coefficient (Wildman–Crippen LogP) is 2.28. The molecule has 0 unspecified atom stereocenters. The second-order valence-electron chi connectivity index (χ2n) is 7.06. The van der Waals surface area contributed by atoms with Crippen LogP contribution in [0, 0.1) is 11.8 Å². The van der Waals surface area contributed by atoms with Gasteiger partial charge >= 0.3 is 0 Å². The zero-order valence-corrected chi connectivity index (χ0v) is 13.8. The Morgan fingerprint density at radius 2 is 1.42 bits per heavy atom. The number of hydrogen-bond acceptors (Lipinski definition) is 3. The van der Waals surface area contributed by atoms with Crippen molar-refractivity contribution >= 4 is 0 Å². The number of rotatable bonds is 8. The highest BCUT2D eigenvalue weighted by Gasteiger charge is 2.15. The van der Waals surface area contributed by atoms with Crippen LogP contribution in [-0.2, 0) is 0 Å². The molecular weight excluding hydrogens is 234 g/mol. The van der Waals surface area contributed by atoms with Gasteiger partial charge in [0.2, 0.25) is 0 Å². The zero-order chi connectivity index (χ0) is 14.3. The molecule has 0 bridgehead atoms. The lowest BCUT2D eigenvalue weighted by Crippen LogP contribution is -2.47. The van der Waals surface area contributed by atoms with Crippen LogP contribution in [0.3, 0.4) is 0 Å². The van der Waals surface area contributed by atoms with Gasteiger partial charge < -0.3 is 10.2 Å². The summed E-state index contributed by atoms with van der Waals surface area (Å²) < 4.78 is 0. The molecule has 3 heteroatoms. The number of nitrogens with zero attached hydrogens (tertiary/aromatic N) is 2. The molecule has 0 spiro atoms. The lowest BCUT2D eigenvalue weighted by atomic mass is 9.95. The first-order valence-electron chi connectivity index (χ1n) is 8.11. The topological polar surface area (TPSA) is 18.5 Å². The van der Waals surface area contributed by atoms with Crippen molar-refractivity contribution in [1.82, 2.24) is 15.1 Å². The lowest BCUT2D eigenvalue weighted by Gasteiger charge is -2.33. The first-order valence-corrected chi connectivity index (χ1v) is 8.11. The molecule has 0 saturated carbocycles. The van der Waals surface area contributed by atoms with E-state index in [2.05, 4.69) is 49.9 Å². The SMILES string of the molecule is CC(C)CC(CC(C)C)NCCN1CCN(C)CC1. The van der Waals surface area contributed by atoms with Gasteiger partial charge in [0.25, 0.3) is 0 Å². The van der Waals surface area contributed by atoms with E-state index in [0.29, 0.717) is 6.04 Å². The molecule has 114 valence electrons. The van der Waals surface area contributed by atoms with E-state index >= 15 is 0 Å². The van der Waals surface area contributed by atoms with Crippen LogP contribution < -0.4 is 5.32 Å². The molecule has 0 aromatic carbocycles. The molecule has 1 heterocycles. The number of piperazine rings is 1. The Hall–Kier alpha value is -0.120. The smallest absolute Gasteiger partial charge is 0.0110 e. The van der Waals surface area contributed by atoms with Crippen molar-refractivity contribution in [1.29, 1.82) is 0 Å². The zero-order valence-electron chi connectivity index (χ0n) is 13.8. The molecule has 3 nitrogen and oxygen atoms in total. The van der Waals surface area contributed by atoms with Crippen LogP contribution in [0.5, 0.6) is 0 Å². The van der Waals surface area contributed by atoms with E-state index in [4.69, 9.17) is 0 Å². The maximum atomic E-state index is 3.79. The predicted molar refractivity (Wildman–Crippen MR) is 84.6 cm³/mol. The van der Waals surface area contributed by atoms with Gasteiger partial charge in [-0.25, -0.2) is 0 Å². The number of hydrogen-bond donors (Lipinski definition) is 1. The molecular formula is C16H35N3. The molecule has 0 aliphatic carbocycles. The van der Waals surface area contributed by atoms with E-state index in [1.165, 1.54) is 45.6 Å². The van der Waals surface area contributed by atoms with Gasteiger partial charge in [-0.3, -0.25) is 4.90 Å². The van der Waals surface area contributed by atoms with Gasteiger partial charge in [-0.15, -0.1) is 0 Å². The number of nitrogens with one attached hydrogen (secondary N) is 1. The molecule has 0 radical (unpaired) electrons. The van der Waals surface area contributed by atoms with Crippen LogP contribution in [0.15, 0.2) is 0 Å². The molecule has 0 aromatic heterocycles. The first kappa shape index (κ1) is 16.9. The highest BCUT2D eigenvalue weighted by Crippen LogP contribution is 2.13. The van der Waals surface area contributed by atoms with Crippen molar-refractivity contribution in [2.45, 2.75) is 46.6 Å². The Labute approximate surface area is 120 Å². The van der Waals surface area contributed by atoms with Crippen molar-refractivity contribution < 1.29 is 0 Å². The number of likely N-dealkylation sites (N-methyl/N-ethyl adjacent to an activating group) is 1. The van der Waals surface area contributed by atoms with Crippen molar-refractivity contribution in [3.63, 3.8) is 0 Å². The van der Waals surface area contributed by atoms with Gasteiger partial charge in [0.05, 0.1) is 0 Å². The van der Waals surface area contributed by atoms with Crippen LogP contribution in [0.1, 0.15) is 40.5 Å². The van der Waals surface area contributed by atoms with E-state index in [1.54, 1.807) is 0 Å². The summed E-state index contributed by atoms with van der Waals surface area (Å²) in [5.74, 6) is 1.58.